The van der Waals surface area contributed by atoms with E-state index >= 15 is 0 Å². The van der Waals surface area contributed by atoms with Crippen LogP contribution in [0.2, 0.25) is 5.02 Å². The highest BCUT2D eigenvalue weighted by Gasteiger charge is 2.04. The Kier molecular flexibility index (Phi) is 2.79. The molecule has 0 aliphatic carbocycles. The number of aromatic nitrogens is 2. The lowest BCUT2D eigenvalue weighted by Gasteiger charge is -2.02. The first-order chi connectivity index (χ1) is 6.77. The maximum absolute atomic E-state index is 6.00. The summed E-state index contributed by atoms with van der Waals surface area (Å²) in [6.45, 7) is 0. The minimum absolute atomic E-state index is 0.709. The van der Waals surface area contributed by atoms with Crippen LogP contribution in [-0.4, -0.2) is 9.55 Å². The van der Waals surface area contributed by atoms with Crippen LogP contribution in [0.25, 0.3) is 0 Å². The van der Waals surface area contributed by atoms with Gasteiger partial charge in [-0.25, -0.2) is 4.98 Å². The normalized spacial score (nSPS) is 10.4. The van der Waals surface area contributed by atoms with Gasteiger partial charge in [-0.15, -0.1) is 0 Å². The summed E-state index contributed by atoms with van der Waals surface area (Å²) in [5, 5.41) is 1.64. The van der Waals surface area contributed by atoms with E-state index in [9.17, 15) is 0 Å². The predicted octanol–water partition coefficient (Wildman–Crippen LogP) is 3.02. The van der Waals surface area contributed by atoms with E-state index < -0.39 is 0 Å². The van der Waals surface area contributed by atoms with Crippen molar-refractivity contribution in [3.8, 4) is 0 Å². The molecule has 0 bridgehead atoms. The molecule has 2 aromatic rings. The second-order valence-corrected chi connectivity index (χ2v) is 4.20. The van der Waals surface area contributed by atoms with Crippen LogP contribution >= 0.6 is 23.4 Å². The van der Waals surface area contributed by atoms with Gasteiger partial charge in [0, 0.05) is 24.3 Å². The summed E-state index contributed by atoms with van der Waals surface area (Å²) in [6.07, 6.45) is 3.68. The van der Waals surface area contributed by atoms with Gasteiger partial charge in [0.25, 0.3) is 0 Å². The quantitative estimate of drug-likeness (QED) is 0.779. The second kappa shape index (κ2) is 4.07. The topological polar surface area (TPSA) is 17.8 Å². The largest absolute Gasteiger partial charge is 0.329 e. The van der Waals surface area contributed by atoms with Gasteiger partial charge < -0.3 is 4.57 Å². The zero-order chi connectivity index (χ0) is 9.97. The third-order valence-electron chi connectivity index (χ3n) is 1.75. The average Bonchev–Trinajstić information content (AvgIpc) is 2.56. The van der Waals surface area contributed by atoms with Crippen LogP contribution in [0.5, 0.6) is 0 Å². The van der Waals surface area contributed by atoms with Crippen molar-refractivity contribution in [2.75, 3.05) is 0 Å². The standard InChI is InChI=1S/C10H8ClN2S/c1-13-7-6-12-10(13)14-9-5-3-2-4-8(9)11/h3-7H,1H3. The number of imidazole rings is 1. The minimum atomic E-state index is 0.709. The highest BCUT2D eigenvalue weighted by molar-refractivity contribution is 7.99. The molecule has 2 rings (SSSR count). The smallest absolute Gasteiger partial charge is 0.172 e. The summed E-state index contributed by atoms with van der Waals surface area (Å²) in [6, 6.07) is 8.46. The molecule has 1 heterocycles. The second-order valence-electron chi connectivity index (χ2n) is 2.78. The number of hydrogen-bond acceptors (Lipinski definition) is 2. The molecule has 14 heavy (non-hydrogen) atoms. The van der Waals surface area contributed by atoms with Crippen LogP contribution < -0.4 is 0 Å². The maximum Gasteiger partial charge on any atom is 0.172 e. The van der Waals surface area contributed by atoms with Crippen LogP contribution in [-0.2, 0) is 7.05 Å². The maximum atomic E-state index is 6.00. The Morgan fingerprint density at radius 3 is 3.07 bits per heavy atom. The van der Waals surface area contributed by atoms with E-state index in [0.29, 0.717) is 5.02 Å². The highest BCUT2D eigenvalue weighted by atomic mass is 35.5. The fraction of sp³-hybridized carbons (Fsp3) is 0.100. The van der Waals surface area contributed by atoms with E-state index in [1.54, 1.807) is 24.0 Å². The van der Waals surface area contributed by atoms with Crippen molar-refractivity contribution in [1.29, 1.82) is 0 Å². The molecule has 0 amide bonds. The summed E-state index contributed by atoms with van der Waals surface area (Å²) < 4.78 is 1.96. The van der Waals surface area contributed by atoms with Crippen molar-refractivity contribution in [3.63, 3.8) is 0 Å². The summed E-state index contributed by atoms with van der Waals surface area (Å²) >= 11 is 7.55. The molecular formula is C10H8ClN2S. The molecule has 2 nitrogen and oxygen atoms in total. The van der Waals surface area contributed by atoms with Gasteiger partial charge in [-0.2, -0.15) is 0 Å². The minimum Gasteiger partial charge on any atom is -0.329 e. The van der Waals surface area contributed by atoms with Crippen LogP contribution in [0, 0.1) is 6.07 Å². The molecule has 0 saturated heterocycles. The van der Waals surface area contributed by atoms with Gasteiger partial charge in [0.2, 0.25) is 0 Å². The zero-order valence-electron chi connectivity index (χ0n) is 7.57. The Morgan fingerprint density at radius 1 is 1.57 bits per heavy atom. The molecule has 1 aromatic carbocycles. The highest BCUT2D eigenvalue weighted by Crippen LogP contribution is 2.31. The third-order valence-corrected chi connectivity index (χ3v) is 3.33. The fourth-order valence-electron chi connectivity index (χ4n) is 1.03. The van der Waals surface area contributed by atoms with Crippen LogP contribution in [0.1, 0.15) is 0 Å². The van der Waals surface area contributed by atoms with Gasteiger partial charge in [-0.05, 0) is 18.2 Å². The Hall–Kier alpha value is -0.930. The summed E-state index contributed by atoms with van der Waals surface area (Å²) in [5.41, 5.74) is 0. The number of nitrogens with zero attached hydrogens (tertiary/aromatic N) is 2. The van der Waals surface area contributed by atoms with Crippen molar-refractivity contribution in [2.45, 2.75) is 10.1 Å². The molecule has 0 unspecified atom stereocenters. The molecule has 0 aliphatic rings. The fourth-order valence-corrected chi connectivity index (χ4v) is 2.08. The van der Waals surface area contributed by atoms with Gasteiger partial charge in [-0.3, -0.25) is 0 Å². The van der Waals surface area contributed by atoms with Crippen molar-refractivity contribution in [2.24, 2.45) is 7.05 Å². The van der Waals surface area contributed by atoms with E-state index in [4.69, 9.17) is 11.6 Å². The number of hydrogen-bond donors (Lipinski definition) is 0. The molecule has 0 aliphatic heterocycles. The SMILES string of the molecule is Cn1ccnc1Sc1cc[c]cc1Cl. The van der Waals surface area contributed by atoms with Crippen LogP contribution in [0.3, 0.4) is 0 Å². The van der Waals surface area contributed by atoms with E-state index in [0.717, 1.165) is 10.1 Å². The molecule has 0 N–H and O–H groups in total. The van der Waals surface area contributed by atoms with Crippen molar-refractivity contribution in [1.82, 2.24) is 9.55 Å². The van der Waals surface area contributed by atoms with E-state index in [1.807, 2.05) is 29.9 Å². The Balaban J connectivity index is 2.28. The average molecular weight is 224 g/mol. The molecule has 0 atom stereocenters. The molecule has 0 fully saturated rings. The number of rotatable bonds is 2. The van der Waals surface area contributed by atoms with Crippen LogP contribution in [0.4, 0.5) is 0 Å². The Bertz CT molecular complexity index is 439. The molecule has 0 spiro atoms. The van der Waals surface area contributed by atoms with Crippen molar-refractivity contribution < 1.29 is 0 Å². The molecule has 71 valence electrons. The zero-order valence-corrected chi connectivity index (χ0v) is 9.14. The lowest BCUT2D eigenvalue weighted by Crippen LogP contribution is -1.88. The lowest BCUT2D eigenvalue weighted by molar-refractivity contribution is 0.790. The molecule has 4 heteroatoms. The van der Waals surface area contributed by atoms with E-state index in [-0.39, 0.29) is 0 Å². The van der Waals surface area contributed by atoms with Gasteiger partial charge in [0.05, 0.1) is 5.02 Å². The summed E-state index contributed by atoms with van der Waals surface area (Å²) in [5.74, 6) is 0. The van der Waals surface area contributed by atoms with Crippen LogP contribution in [0.15, 0.2) is 40.6 Å². The molecule has 1 aromatic heterocycles. The first kappa shape index (κ1) is 9.62. The van der Waals surface area contributed by atoms with Gasteiger partial charge in [-0.1, -0.05) is 29.4 Å². The van der Waals surface area contributed by atoms with E-state index in [2.05, 4.69) is 11.1 Å². The van der Waals surface area contributed by atoms with Crippen molar-refractivity contribution in [3.05, 3.63) is 41.7 Å². The number of aryl methyl sites for hydroxylation is 1. The Morgan fingerprint density at radius 2 is 2.43 bits per heavy atom. The summed E-state index contributed by atoms with van der Waals surface area (Å²) in [4.78, 5) is 5.21. The number of halogens is 1. The monoisotopic (exact) mass is 223 g/mol. The molecule has 0 saturated carbocycles. The lowest BCUT2D eigenvalue weighted by atomic mass is 10.4. The van der Waals surface area contributed by atoms with Gasteiger partial charge in [0.1, 0.15) is 0 Å². The van der Waals surface area contributed by atoms with Crippen molar-refractivity contribution >= 4 is 23.4 Å². The molecule has 1 radical (unpaired) electrons. The third kappa shape index (κ3) is 1.94. The Labute approximate surface area is 91.9 Å². The first-order valence-corrected chi connectivity index (χ1v) is 5.27. The predicted molar refractivity (Wildman–Crippen MR) is 57.6 cm³/mol. The number of benzene rings is 1. The van der Waals surface area contributed by atoms with E-state index in [1.165, 1.54) is 0 Å². The molecular weight excluding hydrogens is 216 g/mol. The van der Waals surface area contributed by atoms with Gasteiger partial charge in [0.15, 0.2) is 5.16 Å². The van der Waals surface area contributed by atoms with Gasteiger partial charge >= 0.3 is 0 Å². The summed E-state index contributed by atoms with van der Waals surface area (Å²) in [7, 11) is 1.96. The first-order valence-electron chi connectivity index (χ1n) is 4.08.